The van der Waals surface area contributed by atoms with E-state index in [1.807, 2.05) is 7.05 Å². The van der Waals surface area contributed by atoms with Crippen molar-refractivity contribution < 1.29 is 0 Å². The summed E-state index contributed by atoms with van der Waals surface area (Å²) in [5.41, 5.74) is 4.01. The summed E-state index contributed by atoms with van der Waals surface area (Å²) in [6.07, 6.45) is 0. The highest BCUT2D eigenvalue weighted by Gasteiger charge is 2.10. The van der Waals surface area contributed by atoms with E-state index in [4.69, 9.17) is 0 Å². The number of hydrogen-bond acceptors (Lipinski definition) is 1. The number of fused-ring (bicyclic) bond motifs is 1. The molecule has 1 N–H and O–H groups in total. The van der Waals surface area contributed by atoms with E-state index < -0.39 is 0 Å². The minimum Gasteiger partial charge on any atom is -0.346 e. The average Bonchev–Trinajstić information content (AvgIpc) is 2.44. The SMILES string of the molecule is CNCc1c(C)c2cc(Br)ccc2n1C. The zero-order valence-electron chi connectivity index (χ0n) is 9.26. The van der Waals surface area contributed by atoms with Gasteiger partial charge in [-0.25, -0.2) is 0 Å². The second-order valence-corrected chi connectivity index (χ2v) is 4.74. The molecule has 0 unspecified atom stereocenters. The monoisotopic (exact) mass is 266 g/mol. The fourth-order valence-electron chi connectivity index (χ4n) is 2.07. The van der Waals surface area contributed by atoms with E-state index >= 15 is 0 Å². The van der Waals surface area contributed by atoms with Crippen molar-refractivity contribution in [1.82, 2.24) is 9.88 Å². The lowest BCUT2D eigenvalue weighted by molar-refractivity contribution is 0.739. The van der Waals surface area contributed by atoms with Crippen LogP contribution in [0.15, 0.2) is 22.7 Å². The third-order valence-corrected chi connectivity index (χ3v) is 3.40. The highest BCUT2D eigenvalue weighted by molar-refractivity contribution is 9.10. The lowest BCUT2D eigenvalue weighted by atomic mass is 10.1. The van der Waals surface area contributed by atoms with Crippen molar-refractivity contribution in [3.8, 4) is 0 Å². The first-order valence-corrected chi connectivity index (χ1v) is 5.82. The van der Waals surface area contributed by atoms with E-state index in [-0.39, 0.29) is 0 Å². The molecular weight excluding hydrogens is 252 g/mol. The van der Waals surface area contributed by atoms with Crippen molar-refractivity contribution in [2.24, 2.45) is 7.05 Å². The molecule has 2 nitrogen and oxygen atoms in total. The molecule has 0 aliphatic heterocycles. The maximum atomic E-state index is 3.51. The van der Waals surface area contributed by atoms with Crippen LogP contribution in [0.5, 0.6) is 0 Å². The van der Waals surface area contributed by atoms with Crippen molar-refractivity contribution in [2.75, 3.05) is 7.05 Å². The van der Waals surface area contributed by atoms with Gasteiger partial charge in [0.15, 0.2) is 0 Å². The lowest BCUT2D eigenvalue weighted by Gasteiger charge is -2.04. The van der Waals surface area contributed by atoms with E-state index in [9.17, 15) is 0 Å². The Hall–Kier alpha value is -0.800. The zero-order chi connectivity index (χ0) is 11.0. The summed E-state index contributed by atoms with van der Waals surface area (Å²) in [6.45, 7) is 3.09. The van der Waals surface area contributed by atoms with Gasteiger partial charge in [-0.05, 0) is 37.7 Å². The molecule has 0 aliphatic rings. The minimum atomic E-state index is 0.911. The number of rotatable bonds is 2. The van der Waals surface area contributed by atoms with Crippen molar-refractivity contribution in [3.63, 3.8) is 0 Å². The Kier molecular flexibility index (Phi) is 2.85. The Bertz CT molecular complexity index is 500. The number of nitrogens with zero attached hydrogens (tertiary/aromatic N) is 1. The van der Waals surface area contributed by atoms with E-state index in [0.717, 1.165) is 11.0 Å². The molecular formula is C12H15BrN2. The van der Waals surface area contributed by atoms with E-state index in [1.54, 1.807) is 0 Å². The van der Waals surface area contributed by atoms with E-state index in [0.29, 0.717) is 0 Å². The van der Waals surface area contributed by atoms with Crippen LogP contribution in [0.1, 0.15) is 11.3 Å². The second kappa shape index (κ2) is 3.99. The van der Waals surface area contributed by atoms with Gasteiger partial charge in [0, 0.05) is 34.7 Å². The van der Waals surface area contributed by atoms with Gasteiger partial charge in [-0.15, -0.1) is 0 Å². The summed E-state index contributed by atoms with van der Waals surface area (Å²) in [5, 5.41) is 4.54. The molecule has 0 saturated carbocycles. The number of hydrogen-bond donors (Lipinski definition) is 1. The van der Waals surface area contributed by atoms with Gasteiger partial charge in [0.2, 0.25) is 0 Å². The van der Waals surface area contributed by atoms with Crippen molar-refractivity contribution in [3.05, 3.63) is 33.9 Å². The molecule has 0 spiro atoms. The summed E-state index contributed by atoms with van der Waals surface area (Å²) in [5.74, 6) is 0. The number of halogens is 1. The zero-order valence-corrected chi connectivity index (χ0v) is 10.9. The van der Waals surface area contributed by atoms with Crippen LogP contribution in [0.25, 0.3) is 10.9 Å². The third kappa shape index (κ3) is 1.70. The van der Waals surface area contributed by atoms with Crippen LogP contribution >= 0.6 is 15.9 Å². The van der Waals surface area contributed by atoms with Gasteiger partial charge in [0.25, 0.3) is 0 Å². The topological polar surface area (TPSA) is 17.0 Å². The lowest BCUT2D eigenvalue weighted by Crippen LogP contribution is -2.10. The van der Waals surface area contributed by atoms with Crippen LogP contribution < -0.4 is 5.32 Å². The summed E-state index contributed by atoms with van der Waals surface area (Å²) < 4.78 is 3.40. The molecule has 2 rings (SSSR count). The Morgan fingerprint density at radius 1 is 1.40 bits per heavy atom. The predicted octanol–water partition coefficient (Wildman–Crippen LogP) is 2.97. The molecule has 0 fully saturated rings. The number of aryl methyl sites for hydroxylation is 2. The molecule has 0 atom stereocenters. The van der Waals surface area contributed by atoms with Gasteiger partial charge in [0.05, 0.1) is 0 Å². The van der Waals surface area contributed by atoms with Crippen molar-refractivity contribution in [1.29, 1.82) is 0 Å². The first-order chi connectivity index (χ1) is 7.15. The van der Waals surface area contributed by atoms with Crippen molar-refractivity contribution >= 4 is 26.8 Å². The minimum absolute atomic E-state index is 0.911. The first kappa shape index (κ1) is 10.7. The molecule has 0 aliphatic carbocycles. The van der Waals surface area contributed by atoms with Crippen LogP contribution in [0.3, 0.4) is 0 Å². The fourth-order valence-corrected chi connectivity index (χ4v) is 2.43. The molecule has 80 valence electrons. The van der Waals surface area contributed by atoms with Crippen LogP contribution in [0.2, 0.25) is 0 Å². The summed E-state index contributed by atoms with van der Waals surface area (Å²) in [4.78, 5) is 0. The molecule has 3 heteroatoms. The van der Waals surface area contributed by atoms with Crippen molar-refractivity contribution in [2.45, 2.75) is 13.5 Å². The summed E-state index contributed by atoms with van der Waals surface area (Å²) >= 11 is 3.51. The van der Waals surface area contributed by atoms with Gasteiger partial charge in [-0.1, -0.05) is 15.9 Å². The third-order valence-electron chi connectivity index (χ3n) is 2.91. The first-order valence-electron chi connectivity index (χ1n) is 5.03. The Morgan fingerprint density at radius 2 is 2.13 bits per heavy atom. The predicted molar refractivity (Wildman–Crippen MR) is 68.1 cm³/mol. The molecule has 1 aromatic heterocycles. The van der Waals surface area contributed by atoms with Crippen LogP contribution in [0, 0.1) is 6.92 Å². The van der Waals surface area contributed by atoms with Gasteiger partial charge in [-0.3, -0.25) is 0 Å². The van der Waals surface area contributed by atoms with Gasteiger partial charge < -0.3 is 9.88 Å². The molecule has 0 amide bonds. The Morgan fingerprint density at radius 3 is 2.80 bits per heavy atom. The summed E-state index contributed by atoms with van der Waals surface area (Å²) in [6, 6.07) is 6.43. The molecule has 15 heavy (non-hydrogen) atoms. The largest absolute Gasteiger partial charge is 0.346 e. The van der Waals surface area contributed by atoms with E-state index in [1.165, 1.54) is 22.2 Å². The highest BCUT2D eigenvalue weighted by Crippen LogP contribution is 2.27. The maximum Gasteiger partial charge on any atom is 0.0483 e. The normalized spacial score (nSPS) is 11.2. The maximum absolute atomic E-state index is 3.51. The van der Waals surface area contributed by atoms with Crippen LogP contribution in [-0.4, -0.2) is 11.6 Å². The number of nitrogens with one attached hydrogen (secondary N) is 1. The van der Waals surface area contributed by atoms with Gasteiger partial charge >= 0.3 is 0 Å². The number of aromatic nitrogens is 1. The second-order valence-electron chi connectivity index (χ2n) is 3.82. The molecule has 2 aromatic rings. The highest BCUT2D eigenvalue weighted by atomic mass is 79.9. The fraction of sp³-hybridized carbons (Fsp3) is 0.333. The smallest absolute Gasteiger partial charge is 0.0483 e. The molecule has 0 radical (unpaired) electrons. The Labute approximate surface area is 98.4 Å². The van der Waals surface area contributed by atoms with Gasteiger partial charge in [-0.2, -0.15) is 0 Å². The van der Waals surface area contributed by atoms with E-state index in [2.05, 4.69) is 58.0 Å². The van der Waals surface area contributed by atoms with Crippen LogP contribution in [0.4, 0.5) is 0 Å². The average molecular weight is 267 g/mol. The number of benzene rings is 1. The summed E-state index contributed by atoms with van der Waals surface area (Å²) in [7, 11) is 4.10. The quantitative estimate of drug-likeness (QED) is 0.885. The molecule has 0 saturated heterocycles. The standard InChI is InChI=1S/C12H15BrN2/c1-8-10-6-9(13)4-5-11(10)15(3)12(8)7-14-2/h4-6,14H,7H2,1-3H3. The molecule has 1 aromatic carbocycles. The molecule has 0 bridgehead atoms. The van der Waals surface area contributed by atoms with Crippen LogP contribution in [-0.2, 0) is 13.6 Å². The Balaban J connectivity index is 2.73. The molecule has 1 heterocycles. The van der Waals surface area contributed by atoms with Gasteiger partial charge in [0.1, 0.15) is 0 Å².